The van der Waals surface area contributed by atoms with Crippen LogP contribution in [0.1, 0.15) is 20.8 Å². The summed E-state index contributed by atoms with van der Waals surface area (Å²) in [6.07, 6.45) is -1.33. The molecular weight excluding hydrogens is 240 g/mol. The van der Waals surface area contributed by atoms with Gasteiger partial charge in [-0.3, -0.25) is 0 Å². The molecule has 3 N–H and O–H groups in total. The summed E-state index contributed by atoms with van der Waals surface area (Å²) in [7, 11) is 0. The Kier molecular flexibility index (Phi) is 4.92. The molecule has 4 atom stereocenters. The van der Waals surface area contributed by atoms with Gasteiger partial charge in [-0.25, -0.2) is 9.59 Å². The van der Waals surface area contributed by atoms with E-state index in [4.69, 9.17) is 9.84 Å². The quantitative estimate of drug-likeness (QED) is 0.643. The highest BCUT2D eigenvalue weighted by Gasteiger charge is 2.30. The van der Waals surface area contributed by atoms with Crippen molar-refractivity contribution in [2.75, 3.05) is 13.1 Å². The van der Waals surface area contributed by atoms with Gasteiger partial charge in [0.2, 0.25) is 0 Å². The summed E-state index contributed by atoms with van der Waals surface area (Å²) >= 11 is 0. The molecule has 0 saturated carbocycles. The number of carbonyl (C=O) groups excluding carboxylic acids is 1. The number of carboxylic acid groups (broad SMARTS) is 1. The van der Waals surface area contributed by atoms with E-state index >= 15 is 0 Å². The molecule has 7 nitrogen and oxygen atoms in total. The molecule has 0 aromatic rings. The van der Waals surface area contributed by atoms with Crippen molar-refractivity contribution in [1.29, 1.82) is 0 Å². The lowest BCUT2D eigenvalue weighted by molar-refractivity contribution is -0.141. The zero-order valence-electron chi connectivity index (χ0n) is 10.8. The number of aliphatic hydroxyl groups excluding tert-OH is 1. The largest absolute Gasteiger partial charge is 0.480 e. The van der Waals surface area contributed by atoms with E-state index in [2.05, 4.69) is 5.32 Å². The highest BCUT2D eigenvalue weighted by Crippen LogP contribution is 2.11. The Hall–Kier alpha value is -1.34. The maximum atomic E-state index is 11.9. The molecule has 0 spiro atoms. The zero-order chi connectivity index (χ0) is 13.9. The maximum Gasteiger partial charge on any atom is 0.328 e. The van der Waals surface area contributed by atoms with Crippen LogP contribution in [0.25, 0.3) is 0 Å². The molecule has 104 valence electrons. The van der Waals surface area contributed by atoms with Gasteiger partial charge < -0.3 is 25.2 Å². The number of amides is 2. The first-order valence-electron chi connectivity index (χ1n) is 5.93. The summed E-state index contributed by atoms with van der Waals surface area (Å²) < 4.78 is 5.48. The van der Waals surface area contributed by atoms with Crippen LogP contribution in [0.4, 0.5) is 4.79 Å². The first-order chi connectivity index (χ1) is 8.31. The summed E-state index contributed by atoms with van der Waals surface area (Å²) in [5, 5.41) is 20.5. The van der Waals surface area contributed by atoms with Crippen molar-refractivity contribution in [2.24, 2.45) is 0 Å². The number of urea groups is 1. The second kappa shape index (κ2) is 6.01. The monoisotopic (exact) mass is 260 g/mol. The normalized spacial score (nSPS) is 27.4. The number of hydrogen-bond acceptors (Lipinski definition) is 4. The molecule has 1 aliphatic rings. The average molecular weight is 260 g/mol. The SMILES string of the molecule is CC1CN(C(=O)N[C@H](C(=O)O)[C@@H](C)O)CC(C)O1. The number of carbonyl (C=O) groups is 2. The van der Waals surface area contributed by atoms with Gasteiger partial charge in [0, 0.05) is 13.1 Å². The molecule has 0 aliphatic carbocycles. The van der Waals surface area contributed by atoms with Crippen molar-refractivity contribution >= 4 is 12.0 Å². The number of nitrogens with one attached hydrogen (secondary N) is 1. The molecule has 2 unspecified atom stereocenters. The molecular formula is C11H20N2O5. The minimum Gasteiger partial charge on any atom is -0.480 e. The lowest BCUT2D eigenvalue weighted by atomic mass is 10.2. The number of morpholine rings is 1. The van der Waals surface area contributed by atoms with Gasteiger partial charge in [-0.05, 0) is 20.8 Å². The Bertz CT molecular complexity index is 311. The summed E-state index contributed by atoms with van der Waals surface area (Å²) in [5.74, 6) is -1.26. The fraction of sp³-hybridized carbons (Fsp3) is 0.818. The number of hydrogen-bond donors (Lipinski definition) is 3. The van der Waals surface area contributed by atoms with Gasteiger partial charge in [0.05, 0.1) is 18.3 Å². The highest BCUT2D eigenvalue weighted by atomic mass is 16.5. The van der Waals surface area contributed by atoms with E-state index < -0.39 is 24.1 Å². The number of nitrogens with zero attached hydrogens (tertiary/aromatic N) is 1. The molecule has 1 saturated heterocycles. The average Bonchev–Trinajstić information content (AvgIpc) is 2.23. The van der Waals surface area contributed by atoms with E-state index in [1.165, 1.54) is 11.8 Å². The Morgan fingerprint density at radius 3 is 2.22 bits per heavy atom. The van der Waals surface area contributed by atoms with Crippen LogP contribution < -0.4 is 5.32 Å². The molecule has 0 bridgehead atoms. The Balaban J connectivity index is 2.61. The van der Waals surface area contributed by atoms with Crippen LogP contribution >= 0.6 is 0 Å². The third-order valence-corrected chi connectivity index (χ3v) is 2.73. The Labute approximate surface area is 106 Å². The van der Waals surface area contributed by atoms with Gasteiger partial charge in [0.1, 0.15) is 0 Å². The number of ether oxygens (including phenoxy) is 1. The lowest BCUT2D eigenvalue weighted by Crippen LogP contribution is -2.56. The van der Waals surface area contributed by atoms with Gasteiger partial charge in [0.25, 0.3) is 0 Å². The van der Waals surface area contributed by atoms with E-state index in [0.717, 1.165) is 0 Å². The van der Waals surface area contributed by atoms with E-state index in [-0.39, 0.29) is 12.2 Å². The lowest BCUT2D eigenvalue weighted by Gasteiger charge is -2.36. The smallest absolute Gasteiger partial charge is 0.328 e. The van der Waals surface area contributed by atoms with E-state index in [1.807, 2.05) is 13.8 Å². The molecule has 1 heterocycles. The minimum absolute atomic E-state index is 0.0886. The molecule has 1 aliphatic heterocycles. The number of rotatable bonds is 3. The van der Waals surface area contributed by atoms with Gasteiger partial charge in [-0.2, -0.15) is 0 Å². The van der Waals surface area contributed by atoms with Crippen LogP contribution in [0.15, 0.2) is 0 Å². The fourth-order valence-electron chi connectivity index (χ4n) is 1.96. The highest BCUT2D eigenvalue weighted by molar-refractivity contribution is 5.83. The summed E-state index contributed by atoms with van der Waals surface area (Å²) in [6.45, 7) is 5.83. The number of carboxylic acids is 1. The summed E-state index contributed by atoms with van der Waals surface area (Å²) in [4.78, 5) is 24.3. The third kappa shape index (κ3) is 3.85. The predicted molar refractivity (Wildman–Crippen MR) is 63.2 cm³/mol. The predicted octanol–water partition coefficient (Wildman–Crippen LogP) is -0.361. The first kappa shape index (κ1) is 14.7. The number of aliphatic carboxylic acids is 1. The summed E-state index contributed by atoms with van der Waals surface area (Å²) in [6, 6.07) is -1.80. The summed E-state index contributed by atoms with van der Waals surface area (Å²) in [5.41, 5.74) is 0. The van der Waals surface area contributed by atoms with Crippen molar-refractivity contribution in [3.63, 3.8) is 0 Å². The van der Waals surface area contributed by atoms with Crippen LogP contribution in [0.2, 0.25) is 0 Å². The van der Waals surface area contributed by atoms with Crippen LogP contribution in [0.5, 0.6) is 0 Å². The van der Waals surface area contributed by atoms with Gasteiger partial charge in [-0.1, -0.05) is 0 Å². The topological polar surface area (TPSA) is 99.1 Å². The van der Waals surface area contributed by atoms with Gasteiger partial charge >= 0.3 is 12.0 Å². The molecule has 0 radical (unpaired) electrons. The van der Waals surface area contributed by atoms with E-state index in [0.29, 0.717) is 13.1 Å². The molecule has 18 heavy (non-hydrogen) atoms. The van der Waals surface area contributed by atoms with Gasteiger partial charge in [-0.15, -0.1) is 0 Å². The van der Waals surface area contributed by atoms with Crippen LogP contribution in [0, 0.1) is 0 Å². The minimum atomic E-state index is -1.30. The molecule has 0 aromatic carbocycles. The van der Waals surface area contributed by atoms with Crippen LogP contribution in [-0.4, -0.2) is 64.6 Å². The number of aliphatic hydroxyl groups is 1. The fourth-order valence-corrected chi connectivity index (χ4v) is 1.96. The molecule has 7 heteroatoms. The van der Waals surface area contributed by atoms with Crippen molar-refractivity contribution in [2.45, 2.75) is 45.1 Å². The molecule has 0 aromatic heterocycles. The van der Waals surface area contributed by atoms with Crippen LogP contribution in [0.3, 0.4) is 0 Å². The molecule has 1 rings (SSSR count). The second-order valence-electron chi connectivity index (χ2n) is 4.67. The Morgan fingerprint density at radius 1 is 1.33 bits per heavy atom. The van der Waals surface area contributed by atoms with E-state index in [9.17, 15) is 14.7 Å². The van der Waals surface area contributed by atoms with E-state index in [1.54, 1.807) is 0 Å². The van der Waals surface area contributed by atoms with Crippen molar-refractivity contribution < 1.29 is 24.5 Å². The maximum absolute atomic E-state index is 11.9. The molecule has 2 amide bonds. The Morgan fingerprint density at radius 2 is 1.83 bits per heavy atom. The van der Waals surface area contributed by atoms with Crippen molar-refractivity contribution in [3.05, 3.63) is 0 Å². The third-order valence-electron chi connectivity index (χ3n) is 2.73. The molecule has 1 fully saturated rings. The second-order valence-corrected chi connectivity index (χ2v) is 4.67. The first-order valence-corrected chi connectivity index (χ1v) is 5.93. The van der Waals surface area contributed by atoms with Crippen molar-refractivity contribution in [3.8, 4) is 0 Å². The standard InChI is InChI=1S/C11H20N2O5/c1-6-4-13(5-7(2)18-6)11(17)12-9(8(3)14)10(15)16/h6-9,14H,4-5H2,1-3H3,(H,12,17)(H,15,16)/t6?,7?,8-,9+/m1/s1. The zero-order valence-corrected chi connectivity index (χ0v) is 10.8. The van der Waals surface area contributed by atoms with Crippen molar-refractivity contribution in [1.82, 2.24) is 10.2 Å². The van der Waals surface area contributed by atoms with Crippen LogP contribution in [-0.2, 0) is 9.53 Å². The van der Waals surface area contributed by atoms with Gasteiger partial charge in [0.15, 0.2) is 6.04 Å².